The molecule has 0 aliphatic heterocycles. The van der Waals surface area contributed by atoms with Crippen LogP contribution in [0.1, 0.15) is 53.4 Å². The van der Waals surface area contributed by atoms with Gasteiger partial charge in [0.05, 0.1) is 18.4 Å². The Morgan fingerprint density at radius 3 is 2.65 bits per heavy atom. The van der Waals surface area contributed by atoms with Crippen LogP contribution < -0.4 is 5.32 Å². The summed E-state index contributed by atoms with van der Waals surface area (Å²) in [7, 11) is 0. The molecule has 1 N–H and O–H groups in total. The maximum Gasteiger partial charge on any atom is 0.0728 e. The summed E-state index contributed by atoms with van der Waals surface area (Å²) in [6, 6.07) is 0.530. The van der Waals surface area contributed by atoms with Crippen molar-refractivity contribution < 1.29 is 0 Å². The highest BCUT2D eigenvalue weighted by atomic mass is 15.3. The van der Waals surface area contributed by atoms with Crippen LogP contribution in [0.25, 0.3) is 0 Å². The Kier molecular flexibility index (Phi) is 8.35. The molecule has 0 radical (unpaired) electrons. The van der Waals surface area contributed by atoms with E-state index >= 15 is 0 Å². The van der Waals surface area contributed by atoms with E-state index in [1.807, 2.05) is 10.9 Å². The lowest BCUT2D eigenvalue weighted by atomic mass is 10.1. The average Bonchev–Trinajstić information content (AvgIpc) is 2.88. The molecule has 0 saturated heterocycles. The second-order valence-electron chi connectivity index (χ2n) is 5.56. The normalized spacial score (nSPS) is 12.8. The first-order valence-electron chi connectivity index (χ1n) is 8.20. The molecule has 1 heterocycles. The number of anilines is 1. The van der Waals surface area contributed by atoms with E-state index in [-0.39, 0.29) is 0 Å². The molecule has 4 heteroatoms. The molecule has 0 aromatic carbocycles. The first-order valence-corrected chi connectivity index (χ1v) is 8.20. The second-order valence-corrected chi connectivity index (χ2v) is 5.56. The highest BCUT2D eigenvalue weighted by Gasteiger charge is 2.05. The van der Waals surface area contributed by atoms with Crippen LogP contribution in [0, 0.1) is 0 Å². The lowest BCUT2D eigenvalue weighted by Crippen LogP contribution is -2.27. The Bertz CT molecular complexity index is 344. The van der Waals surface area contributed by atoms with Crippen LogP contribution in [0.15, 0.2) is 12.4 Å². The summed E-state index contributed by atoms with van der Waals surface area (Å²) < 4.78 is 2.04. The van der Waals surface area contributed by atoms with E-state index in [9.17, 15) is 0 Å². The molecule has 0 aliphatic carbocycles. The summed E-state index contributed by atoms with van der Waals surface area (Å²) in [6.45, 7) is 13.2. The summed E-state index contributed by atoms with van der Waals surface area (Å²) in [4.78, 5) is 2.42. The average molecular weight is 280 g/mol. The Hall–Kier alpha value is -1.03. The van der Waals surface area contributed by atoms with Gasteiger partial charge in [-0.1, -0.05) is 40.0 Å². The SMILES string of the molecule is CCCCCC(C)Nc1cnn(CCN(CC)CC)c1. The minimum atomic E-state index is 0.530. The van der Waals surface area contributed by atoms with Gasteiger partial charge in [0.1, 0.15) is 0 Å². The molecule has 0 fully saturated rings. The third kappa shape index (κ3) is 6.42. The van der Waals surface area contributed by atoms with Crippen LogP contribution in [0.3, 0.4) is 0 Å². The molecule has 20 heavy (non-hydrogen) atoms. The maximum atomic E-state index is 4.43. The van der Waals surface area contributed by atoms with Gasteiger partial charge in [0.2, 0.25) is 0 Å². The van der Waals surface area contributed by atoms with Crippen molar-refractivity contribution in [2.24, 2.45) is 0 Å². The van der Waals surface area contributed by atoms with Gasteiger partial charge in [-0.05, 0) is 26.4 Å². The predicted molar refractivity (Wildman–Crippen MR) is 87.2 cm³/mol. The summed E-state index contributed by atoms with van der Waals surface area (Å²) in [6.07, 6.45) is 9.22. The first-order chi connectivity index (χ1) is 9.69. The summed E-state index contributed by atoms with van der Waals surface area (Å²) in [5.74, 6) is 0. The standard InChI is InChI=1S/C16H32N4/c1-5-8-9-10-15(4)18-16-13-17-20(14-16)12-11-19(6-2)7-3/h13-15,18H,5-12H2,1-4H3. The van der Waals surface area contributed by atoms with Crippen molar-refractivity contribution in [3.63, 3.8) is 0 Å². The molecular formula is C16H32N4. The zero-order valence-corrected chi connectivity index (χ0v) is 13.7. The zero-order valence-electron chi connectivity index (χ0n) is 13.7. The molecule has 0 aliphatic rings. The van der Waals surface area contributed by atoms with Crippen molar-refractivity contribution in [1.82, 2.24) is 14.7 Å². The summed E-state index contributed by atoms with van der Waals surface area (Å²) >= 11 is 0. The lowest BCUT2D eigenvalue weighted by molar-refractivity contribution is 0.285. The number of likely N-dealkylation sites (N-methyl/N-ethyl adjacent to an activating group) is 1. The molecule has 1 aromatic rings. The van der Waals surface area contributed by atoms with E-state index < -0.39 is 0 Å². The second kappa shape index (κ2) is 9.81. The monoisotopic (exact) mass is 280 g/mol. The van der Waals surface area contributed by atoms with Crippen LogP contribution in [0.4, 0.5) is 5.69 Å². The van der Waals surface area contributed by atoms with Gasteiger partial charge in [-0.2, -0.15) is 5.10 Å². The zero-order chi connectivity index (χ0) is 14.8. The Morgan fingerprint density at radius 2 is 2.00 bits per heavy atom. The quantitative estimate of drug-likeness (QED) is 0.629. The Morgan fingerprint density at radius 1 is 1.25 bits per heavy atom. The van der Waals surface area contributed by atoms with E-state index in [1.165, 1.54) is 25.7 Å². The van der Waals surface area contributed by atoms with Crippen molar-refractivity contribution in [1.29, 1.82) is 0 Å². The molecule has 0 saturated carbocycles. The smallest absolute Gasteiger partial charge is 0.0728 e. The number of hydrogen-bond donors (Lipinski definition) is 1. The van der Waals surface area contributed by atoms with Crippen molar-refractivity contribution in [3.8, 4) is 0 Å². The minimum absolute atomic E-state index is 0.530. The van der Waals surface area contributed by atoms with Gasteiger partial charge in [-0.3, -0.25) is 4.68 Å². The maximum absolute atomic E-state index is 4.43. The van der Waals surface area contributed by atoms with Gasteiger partial charge < -0.3 is 10.2 Å². The number of nitrogens with zero attached hydrogens (tertiary/aromatic N) is 3. The van der Waals surface area contributed by atoms with Crippen LogP contribution in [0.2, 0.25) is 0 Å². The van der Waals surface area contributed by atoms with E-state index in [2.05, 4.69) is 49.2 Å². The lowest BCUT2D eigenvalue weighted by Gasteiger charge is -2.17. The molecule has 0 amide bonds. The number of rotatable bonds is 11. The molecule has 0 spiro atoms. The number of aromatic nitrogens is 2. The van der Waals surface area contributed by atoms with Crippen LogP contribution in [-0.2, 0) is 6.54 Å². The third-order valence-corrected chi connectivity index (χ3v) is 3.83. The van der Waals surface area contributed by atoms with Gasteiger partial charge in [0, 0.05) is 18.8 Å². The van der Waals surface area contributed by atoms with Crippen LogP contribution in [-0.4, -0.2) is 40.4 Å². The van der Waals surface area contributed by atoms with Crippen molar-refractivity contribution in [2.75, 3.05) is 25.0 Å². The number of nitrogens with one attached hydrogen (secondary N) is 1. The van der Waals surface area contributed by atoms with Crippen LogP contribution >= 0.6 is 0 Å². The molecule has 1 rings (SSSR count). The summed E-state index contributed by atoms with van der Waals surface area (Å²) in [5, 5.41) is 7.97. The van der Waals surface area contributed by atoms with Gasteiger partial charge in [0.15, 0.2) is 0 Å². The van der Waals surface area contributed by atoms with Crippen LogP contribution in [0.5, 0.6) is 0 Å². The topological polar surface area (TPSA) is 33.1 Å². The highest BCUT2D eigenvalue weighted by Crippen LogP contribution is 2.11. The van der Waals surface area contributed by atoms with Crippen molar-refractivity contribution in [2.45, 2.75) is 66.0 Å². The molecule has 1 atom stereocenters. The van der Waals surface area contributed by atoms with Gasteiger partial charge in [-0.15, -0.1) is 0 Å². The molecule has 0 bridgehead atoms. The fourth-order valence-corrected chi connectivity index (χ4v) is 2.40. The van der Waals surface area contributed by atoms with Crippen molar-refractivity contribution >= 4 is 5.69 Å². The van der Waals surface area contributed by atoms with Gasteiger partial charge in [0.25, 0.3) is 0 Å². The molecular weight excluding hydrogens is 248 g/mol. The highest BCUT2D eigenvalue weighted by molar-refractivity contribution is 5.38. The first kappa shape index (κ1) is 17.0. The molecule has 4 nitrogen and oxygen atoms in total. The summed E-state index contributed by atoms with van der Waals surface area (Å²) in [5.41, 5.74) is 1.15. The Balaban J connectivity index is 2.31. The molecule has 1 unspecified atom stereocenters. The molecule has 116 valence electrons. The van der Waals surface area contributed by atoms with E-state index in [0.717, 1.165) is 31.9 Å². The molecule has 1 aromatic heterocycles. The van der Waals surface area contributed by atoms with Crippen molar-refractivity contribution in [3.05, 3.63) is 12.4 Å². The fraction of sp³-hybridized carbons (Fsp3) is 0.812. The largest absolute Gasteiger partial charge is 0.380 e. The van der Waals surface area contributed by atoms with Gasteiger partial charge >= 0.3 is 0 Å². The fourth-order valence-electron chi connectivity index (χ4n) is 2.40. The Labute approximate surface area is 124 Å². The van der Waals surface area contributed by atoms with E-state index in [0.29, 0.717) is 6.04 Å². The number of hydrogen-bond acceptors (Lipinski definition) is 3. The van der Waals surface area contributed by atoms with E-state index in [4.69, 9.17) is 0 Å². The van der Waals surface area contributed by atoms with Gasteiger partial charge in [-0.25, -0.2) is 0 Å². The predicted octanol–water partition coefficient (Wildman–Crippen LogP) is 3.61. The van der Waals surface area contributed by atoms with E-state index in [1.54, 1.807) is 0 Å². The third-order valence-electron chi connectivity index (χ3n) is 3.83. The number of unbranched alkanes of at least 4 members (excludes halogenated alkanes) is 2. The minimum Gasteiger partial charge on any atom is -0.380 e.